The molecule has 1 aliphatic heterocycles. The molecule has 2 fully saturated rings. The fourth-order valence-electron chi connectivity index (χ4n) is 5.18. The number of aliphatic hydroxyl groups excluding tert-OH is 1. The fraction of sp³-hybridized carbons (Fsp3) is 0.739. The first-order valence-electron chi connectivity index (χ1n) is 10.9. The number of ether oxygens (including phenoxy) is 2. The van der Waals surface area contributed by atoms with Crippen molar-refractivity contribution in [2.45, 2.75) is 52.2 Å². The number of quaternary nitrogens is 1. The molecule has 0 unspecified atom stereocenters. The molecule has 158 valence electrons. The van der Waals surface area contributed by atoms with E-state index in [1.807, 2.05) is 12.1 Å². The van der Waals surface area contributed by atoms with Crippen LogP contribution in [-0.4, -0.2) is 63.8 Å². The van der Waals surface area contributed by atoms with Crippen molar-refractivity contribution in [3.05, 3.63) is 24.3 Å². The van der Waals surface area contributed by atoms with Gasteiger partial charge in [-0.25, -0.2) is 0 Å². The smallest absolute Gasteiger partial charge is 0.142 e. The van der Waals surface area contributed by atoms with Crippen LogP contribution < -0.4 is 14.5 Å². The molecule has 0 bridgehead atoms. The summed E-state index contributed by atoms with van der Waals surface area (Å²) in [5.41, 5.74) is 1.52. The summed E-state index contributed by atoms with van der Waals surface area (Å²) in [4.78, 5) is 3.84. The van der Waals surface area contributed by atoms with E-state index in [1.165, 1.54) is 17.0 Å². The highest BCUT2D eigenvalue weighted by molar-refractivity contribution is 5.58. The van der Waals surface area contributed by atoms with Gasteiger partial charge in [-0.2, -0.15) is 0 Å². The van der Waals surface area contributed by atoms with Crippen LogP contribution in [-0.2, 0) is 4.74 Å². The lowest BCUT2D eigenvalue weighted by Gasteiger charge is -2.39. The van der Waals surface area contributed by atoms with Crippen molar-refractivity contribution in [1.82, 2.24) is 0 Å². The van der Waals surface area contributed by atoms with Crippen molar-refractivity contribution in [3.8, 4) is 5.75 Å². The Morgan fingerprint density at radius 2 is 1.93 bits per heavy atom. The van der Waals surface area contributed by atoms with Crippen LogP contribution >= 0.6 is 0 Å². The zero-order valence-corrected chi connectivity index (χ0v) is 18.1. The third-order valence-electron chi connectivity index (χ3n) is 6.29. The van der Waals surface area contributed by atoms with E-state index in [0.29, 0.717) is 24.0 Å². The average molecular weight is 392 g/mol. The number of para-hydroxylation sites is 2. The van der Waals surface area contributed by atoms with Gasteiger partial charge < -0.3 is 24.4 Å². The van der Waals surface area contributed by atoms with Gasteiger partial charge in [0.1, 0.15) is 18.4 Å². The normalized spacial score (nSPS) is 26.8. The second-order valence-corrected chi connectivity index (χ2v) is 9.64. The maximum absolute atomic E-state index is 10.5. The van der Waals surface area contributed by atoms with Gasteiger partial charge in [0.05, 0.1) is 51.7 Å². The molecule has 0 aromatic heterocycles. The Bertz CT molecular complexity index is 614. The summed E-state index contributed by atoms with van der Waals surface area (Å²) in [5.74, 6) is 1.64. The summed E-state index contributed by atoms with van der Waals surface area (Å²) < 4.78 is 11.6. The van der Waals surface area contributed by atoms with Crippen LogP contribution in [0, 0.1) is 11.3 Å². The van der Waals surface area contributed by atoms with E-state index in [2.05, 4.69) is 37.8 Å². The lowest BCUT2D eigenvalue weighted by molar-refractivity contribution is -0.903. The Labute approximate surface area is 170 Å². The van der Waals surface area contributed by atoms with Crippen molar-refractivity contribution in [3.63, 3.8) is 0 Å². The fourth-order valence-corrected chi connectivity index (χ4v) is 5.18. The Morgan fingerprint density at radius 3 is 2.61 bits per heavy atom. The van der Waals surface area contributed by atoms with E-state index in [4.69, 9.17) is 9.47 Å². The molecule has 1 aromatic carbocycles. The maximum Gasteiger partial charge on any atom is 0.142 e. The molecule has 1 aliphatic carbocycles. The first kappa shape index (κ1) is 21.4. The van der Waals surface area contributed by atoms with Crippen LogP contribution in [0.3, 0.4) is 0 Å². The number of rotatable bonds is 7. The van der Waals surface area contributed by atoms with Crippen molar-refractivity contribution in [2.75, 3.05) is 51.3 Å². The Balaban J connectivity index is 1.41. The van der Waals surface area contributed by atoms with Crippen molar-refractivity contribution in [1.29, 1.82) is 0 Å². The predicted octanol–water partition coefficient (Wildman–Crippen LogP) is 1.99. The largest absolute Gasteiger partial charge is 0.495 e. The second-order valence-electron chi connectivity index (χ2n) is 9.64. The Morgan fingerprint density at radius 1 is 1.21 bits per heavy atom. The summed E-state index contributed by atoms with van der Waals surface area (Å²) in [6.45, 7) is 12.2. The number of piperazine rings is 1. The van der Waals surface area contributed by atoms with E-state index in [9.17, 15) is 5.11 Å². The quantitative estimate of drug-likeness (QED) is 0.746. The highest BCUT2D eigenvalue weighted by Gasteiger charge is 2.33. The van der Waals surface area contributed by atoms with Crippen LogP contribution in [0.15, 0.2) is 24.3 Å². The first-order chi connectivity index (χ1) is 13.4. The first-order valence-corrected chi connectivity index (χ1v) is 10.9. The SMILES string of the molecule is COc1ccccc1N1CC[NH+](C[C@@H](O)CO[C@@H]2C[C@H](C)CC(C)(C)C2)CC1. The number of benzene rings is 1. The Kier molecular flexibility index (Phi) is 7.24. The second kappa shape index (κ2) is 9.47. The van der Waals surface area contributed by atoms with Gasteiger partial charge in [0.2, 0.25) is 0 Å². The average Bonchev–Trinajstić information content (AvgIpc) is 2.65. The summed E-state index contributed by atoms with van der Waals surface area (Å²) >= 11 is 0. The molecule has 1 aromatic rings. The number of methoxy groups -OCH3 is 1. The lowest BCUT2D eigenvalue weighted by Crippen LogP contribution is -3.16. The third-order valence-corrected chi connectivity index (χ3v) is 6.29. The van der Waals surface area contributed by atoms with Crippen LogP contribution in [0.25, 0.3) is 0 Å². The standard InChI is InChI=1S/C23H38N2O3/c1-18-13-20(15-23(2,3)14-18)28-17-19(26)16-24-9-11-25(12-10-24)21-7-5-6-8-22(21)27-4/h5-8,18-20,26H,9-17H2,1-4H3/p+1/t18-,19+,20+/m0/s1. The zero-order chi connectivity index (χ0) is 20.1. The molecule has 1 saturated heterocycles. The predicted molar refractivity (Wildman–Crippen MR) is 113 cm³/mol. The molecule has 1 saturated carbocycles. The summed E-state index contributed by atoms with van der Waals surface area (Å²) in [6.07, 6.45) is 3.42. The van der Waals surface area contributed by atoms with Gasteiger partial charge in [0.25, 0.3) is 0 Å². The van der Waals surface area contributed by atoms with Gasteiger partial charge in [0.15, 0.2) is 0 Å². The summed E-state index contributed by atoms with van der Waals surface area (Å²) in [6, 6.07) is 8.21. The van der Waals surface area contributed by atoms with E-state index >= 15 is 0 Å². The van der Waals surface area contributed by atoms with Crippen LogP contribution in [0.4, 0.5) is 5.69 Å². The van der Waals surface area contributed by atoms with E-state index in [0.717, 1.165) is 51.3 Å². The molecule has 2 N–H and O–H groups in total. The zero-order valence-electron chi connectivity index (χ0n) is 18.1. The molecule has 0 radical (unpaired) electrons. The minimum absolute atomic E-state index is 0.297. The number of anilines is 1. The molecule has 3 atom stereocenters. The number of aliphatic hydroxyl groups is 1. The number of hydrogen-bond acceptors (Lipinski definition) is 4. The van der Waals surface area contributed by atoms with Crippen molar-refractivity contribution >= 4 is 5.69 Å². The number of nitrogens with one attached hydrogen (secondary N) is 1. The minimum Gasteiger partial charge on any atom is -0.495 e. The molecule has 3 rings (SSSR count). The molecule has 0 amide bonds. The van der Waals surface area contributed by atoms with E-state index in [-0.39, 0.29) is 6.10 Å². The molecule has 2 aliphatic rings. The van der Waals surface area contributed by atoms with Crippen LogP contribution in [0.1, 0.15) is 40.0 Å². The highest BCUT2D eigenvalue weighted by Crippen LogP contribution is 2.39. The Hall–Kier alpha value is -1.30. The molecule has 5 nitrogen and oxygen atoms in total. The maximum atomic E-state index is 10.5. The van der Waals surface area contributed by atoms with Gasteiger partial charge >= 0.3 is 0 Å². The molecule has 28 heavy (non-hydrogen) atoms. The third kappa shape index (κ3) is 5.85. The van der Waals surface area contributed by atoms with Crippen LogP contribution in [0.2, 0.25) is 0 Å². The highest BCUT2D eigenvalue weighted by atomic mass is 16.5. The van der Waals surface area contributed by atoms with Gasteiger partial charge in [-0.1, -0.05) is 32.9 Å². The lowest BCUT2D eigenvalue weighted by atomic mass is 9.71. The molecular weight excluding hydrogens is 352 g/mol. The van der Waals surface area contributed by atoms with Gasteiger partial charge in [-0.15, -0.1) is 0 Å². The van der Waals surface area contributed by atoms with E-state index < -0.39 is 0 Å². The van der Waals surface area contributed by atoms with E-state index in [1.54, 1.807) is 7.11 Å². The minimum atomic E-state index is -0.381. The molecule has 0 spiro atoms. The number of hydrogen-bond donors (Lipinski definition) is 2. The van der Waals surface area contributed by atoms with Crippen LogP contribution in [0.5, 0.6) is 5.75 Å². The number of nitrogens with zero attached hydrogens (tertiary/aromatic N) is 1. The van der Waals surface area contributed by atoms with Crippen molar-refractivity contribution in [2.24, 2.45) is 11.3 Å². The van der Waals surface area contributed by atoms with Gasteiger partial charge in [0, 0.05) is 0 Å². The monoisotopic (exact) mass is 391 g/mol. The summed E-state index contributed by atoms with van der Waals surface area (Å²) in [5, 5.41) is 10.5. The van der Waals surface area contributed by atoms with Gasteiger partial charge in [-0.3, -0.25) is 0 Å². The van der Waals surface area contributed by atoms with Crippen molar-refractivity contribution < 1.29 is 19.5 Å². The summed E-state index contributed by atoms with van der Waals surface area (Å²) in [7, 11) is 1.73. The molecule has 1 heterocycles. The van der Waals surface area contributed by atoms with Gasteiger partial charge in [-0.05, 0) is 42.7 Å². The molecular formula is C23H39N2O3+. The topological polar surface area (TPSA) is 46.4 Å². The molecule has 5 heteroatoms.